The van der Waals surface area contributed by atoms with Gasteiger partial charge in [-0.3, -0.25) is 4.98 Å². The molecule has 0 saturated carbocycles. The van der Waals surface area contributed by atoms with Gasteiger partial charge >= 0.3 is 12.5 Å². The lowest BCUT2D eigenvalue weighted by atomic mass is 9.62. The zero-order valence-electron chi connectivity index (χ0n) is 17.5. The molecule has 172 valence electrons. The molecule has 2 aromatic rings. The second-order valence-electron chi connectivity index (χ2n) is 8.61. The molecule has 0 aliphatic carbocycles. The number of carbonyl (C=O) groups is 1. The van der Waals surface area contributed by atoms with Crippen molar-refractivity contribution < 1.29 is 32.9 Å². The summed E-state index contributed by atoms with van der Waals surface area (Å²) in [6, 6.07) is 6.86. The fraction of sp³-hybridized carbons (Fsp3) is 0.455. The number of aromatic nitrogens is 1. The van der Waals surface area contributed by atoms with Crippen molar-refractivity contribution >= 4 is 11.8 Å². The highest BCUT2D eigenvalue weighted by Gasteiger charge is 2.57. The number of pyridine rings is 1. The van der Waals surface area contributed by atoms with E-state index >= 15 is 0 Å². The number of hydrogen-bond acceptors (Lipinski definition) is 5. The maximum atomic E-state index is 12.6. The molecule has 0 radical (unpaired) electrons. The van der Waals surface area contributed by atoms with Gasteiger partial charge in [-0.25, -0.2) is 4.79 Å². The molecule has 7 nitrogen and oxygen atoms in total. The lowest BCUT2D eigenvalue weighted by molar-refractivity contribution is -0.274. The summed E-state index contributed by atoms with van der Waals surface area (Å²) in [4.78, 5) is 19.0. The van der Waals surface area contributed by atoms with Crippen LogP contribution in [0.15, 0.2) is 42.7 Å². The summed E-state index contributed by atoms with van der Waals surface area (Å²) < 4.78 is 41.6. The SMILES string of the molecule is CC1(C(O)(c2ccc(OC(F)(F)F)cc2)c2cncc(N3CCCC3)c2)CN(C(=O)O)C1. The number of nitrogens with zero attached hydrogens (tertiary/aromatic N) is 3. The molecule has 1 atom stereocenters. The molecule has 1 aromatic carbocycles. The van der Waals surface area contributed by atoms with E-state index in [0.29, 0.717) is 11.1 Å². The smallest absolute Gasteiger partial charge is 0.465 e. The number of rotatable bonds is 5. The van der Waals surface area contributed by atoms with Gasteiger partial charge in [-0.1, -0.05) is 19.1 Å². The minimum Gasteiger partial charge on any atom is -0.465 e. The molecule has 2 aliphatic heterocycles. The number of likely N-dealkylation sites (tertiary alicyclic amines) is 1. The highest BCUT2D eigenvalue weighted by Crippen LogP contribution is 2.51. The van der Waals surface area contributed by atoms with Crippen LogP contribution in [-0.4, -0.2) is 58.7 Å². The third kappa shape index (κ3) is 3.94. The number of benzene rings is 1. The van der Waals surface area contributed by atoms with E-state index < -0.39 is 29.2 Å². The van der Waals surface area contributed by atoms with Crippen LogP contribution in [-0.2, 0) is 5.60 Å². The predicted octanol–water partition coefficient (Wildman–Crippen LogP) is 3.82. The van der Waals surface area contributed by atoms with Crippen LogP contribution in [0.5, 0.6) is 5.75 Å². The largest absolute Gasteiger partial charge is 0.573 e. The number of aliphatic hydroxyl groups is 1. The van der Waals surface area contributed by atoms with Crippen molar-refractivity contribution in [3.63, 3.8) is 0 Å². The van der Waals surface area contributed by atoms with E-state index in [1.807, 2.05) is 6.07 Å². The first-order valence-electron chi connectivity index (χ1n) is 10.3. The molecule has 2 aliphatic rings. The molecule has 1 unspecified atom stereocenters. The van der Waals surface area contributed by atoms with Crippen LogP contribution in [0.2, 0.25) is 0 Å². The summed E-state index contributed by atoms with van der Waals surface area (Å²) in [5, 5.41) is 21.4. The van der Waals surface area contributed by atoms with Gasteiger partial charge in [0.05, 0.1) is 11.9 Å². The Morgan fingerprint density at radius 1 is 1.09 bits per heavy atom. The minimum atomic E-state index is -4.83. The third-order valence-corrected chi connectivity index (χ3v) is 6.34. The van der Waals surface area contributed by atoms with E-state index in [2.05, 4.69) is 14.6 Å². The van der Waals surface area contributed by atoms with Gasteiger partial charge in [0.15, 0.2) is 0 Å². The van der Waals surface area contributed by atoms with Crippen molar-refractivity contribution in [2.24, 2.45) is 5.41 Å². The zero-order chi connectivity index (χ0) is 23.1. The Kier molecular flexibility index (Phi) is 5.44. The number of hydrogen-bond donors (Lipinski definition) is 2. The number of halogens is 3. The first-order valence-corrected chi connectivity index (χ1v) is 10.3. The van der Waals surface area contributed by atoms with Crippen LogP contribution < -0.4 is 9.64 Å². The maximum absolute atomic E-state index is 12.6. The van der Waals surface area contributed by atoms with Gasteiger partial charge in [0.1, 0.15) is 11.4 Å². The quantitative estimate of drug-likeness (QED) is 0.719. The highest BCUT2D eigenvalue weighted by molar-refractivity contribution is 5.67. The molecule has 4 rings (SSSR count). The van der Waals surface area contributed by atoms with E-state index in [4.69, 9.17) is 0 Å². The highest BCUT2D eigenvalue weighted by atomic mass is 19.4. The number of anilines is 1. The molecular weight excluding hydrogens is 427 g/mol. The molecule has 2 saturated heterocycles. The standard InChI is InChI=1S/C22H24F3N3O4/c1-20(13-28(14-20)19(29)30)21(31,15-4-6-18(7-5-15)32-22(23,24)25)16-10-17(12-26-11-16)27-8-2-3-9-27/h4-7,10-12,31H,2-3,8-9,13-14H2,1H3,(H,29,30). The Morgan fingerprint density at radius 2 is 1.72 bits per heavy atom. The molecule has 2 fully saturated rings. The van der Waals surface area contributed by atoms with Crippen molar-refractivity contribution in [3.05, 3.63) is 53.9 Å². The Labute approximate surface area is 183 Å². The van der Waals surface area contributed by atoms with E-state index in [1.54, 1.807) is 13.1 Å². The summed E-state index contributed by atoms with van der Waals surface area (Å²) in [5.41, 5.74) is -0.964. The fourth-order valence-corrected chi connectivity index (χ4v) is 4.70. The molecular formula is C22H24F3N3O4. The first-order chi connectivity index (χ1) is 15.0. The average molecular weight is 451 g/mol. The number of ether oxygens (including phenoxy) is 1. The molecule has 2 N–H and O–H groups in total. The molecule has 0 spiro atoms. The molecule has 1 amide bonds. The number of alkyl halides is 3. The van der Waals surface area contributed by atoms with E-state index in [1.165, 1.54) is 23.2 Å². The van der Waals surface area contributed by atoms with Crippen molar-refractivity contribution in [2.45, 2.75) is 31.7 Å². The van der Waals surface area contributed by atoms with Crippen molar-refractivity contribution in [1.82, 2.24) is 9.88 Å². The van der Waals surface area contributed by atoms with Crippen LogP contribution in [0.1, 0.15) is 30.9 Å². The zero-order valence-corrected chi connectivity index (χ0v) is 17.5. The summed E-state index contributed by atoms with van der Waals surface area (Å²) in [7, 11) is 0. The molecule has 10 heteroatoms. The number of carboxylic acid groups (broad SMARTS) is 1. The van der Waals surface area contributed by atoms with Gasteiger partial charge in [-0.2, -0.15) is 0 Å². The van der Waals surface area contributed by atoms with Crippen LogP contribution in [0.25, 0.3) is 0 Å². The molecule has 3 heterocycles. The normalized spacial score (nSPS) is 19.9. The monoisotopic (exact) mass is 451 g/mol. The van der Waals surface area contributed by atoms with Crippen molar-refractivity contribution in [2.75, 3.05) is 31.1 Å². The van der Waals surface area contributed by atoms with Crippen LogP contribution in [0, 0.1) is 5.41 Å². The lowest BCUT2D eigenvalue weighted by Gasteiger charge is -2.55. The van der Waals surface area contributed by atoms with Crippen LogP contribution >= 0.6 is 0 Å². The van der Waals surface area contributed by atoms with E-state index in [0.717, 1.165) is 43.8 Å². The average Bonchev–Trinajstić information content (AvgIpc) is 3.25. The first kappa shape index (κ1) is 22.2. The van der Waals surface area contributed by atoms with E-state index in [-0.39, 0.29) is 13.1 Å². The Bertz CT molecular complexity index is 987. The van der Waals surface area contributed by atoms with Crippen LogP contribution in [0.4, 0.5) is 23.7 Å². The summed E-state index contributed by atoms with van der Waals surface area (Å²) >= 11 is 0. The topological polar surface area (TPSA) is 86.1 Å². The third-order valence-electron chi connectivity index (χ3n) is 6.34. The predicted molar refractivity (Wildman–Crippen MR) is 110 cm³/mol. The van der Waals surface area contributed by atoms with Gasteiger partial charge < -0.3 is 24.7 Å². The minimum absolute atomic E-state index is 0.0631. The maximum Gasteiger partial charge on any atom is 0.573 e. The van der Waals surface area contributed by atoms with Gasteiger partial charge in [0.2, 0.25) is 0 Å². The van der Waals surface area contributed by atoms with Gasteiger partial charge in [-0.15, -0.1) is 13.2 Å². The van der Waals surface area contributed by atoms with Gasteiger partial charge in [0, 0.05) is 43.4 Å². The lowest BCUT2D eigenvalue weighted by Crippen LogP contribution is -2.66. The summed E-state index contributed by atoms with van der Waals surface area (Å²) in [6.07, 6.45) is -0.576. The van der Waals surface area contributed by atoms with Crippen LogP contribution in [0.3, 0.4) is 0 Å². The second kappa shape index (κ2) is 7.84. The Balaban J connectivity index is 1.75. The van der Waals surface area contributed by atoms with Crippen molar-refractivity contribution in [3.8, 4) is 5.75 Å². The van der Waals surface area contributed by atoms with Gasteiger partial charge in [-0.05, 0) is 36.6 Å². The van der Waals surface area contributed by atoms with Crippen molar-refractivity contribution in [1.29, 1.82) is 0 Å². The Hall–Kier alpha value is -3.01. The Morgan fingerprint density at radius 3 is 2.28 bits per heavy atom. The second-order valence-corrected chi connectivity index (χ2v) is 8.61. The molecule has 1 aromatic heterocycles. The molecule has 0 bridgehead atoms. The fourth-order valence-electron chi connectivity index (χ4n) is 4.70. The number of amides is 1. The molecule has 32 heavy (non-hydrogen) atoms. The summed E-state index contributed by atoms with van der Waals surface area (Å²) in [5.74, 6) is -0.404. The summed E-state index contributed by atoms with van der Waals surface area (Å²) in [6.45, 7) is 3.63. The van der Waals surface area contributed by atoms with E-state index in [9.17, 15) is 28.2 Å². The van der Waals surface area contributed by atoms with Gasteiger partial charge in [0.25, 0.3) is 0 Å².